The quantitative estimate of drug-likeness (QED) is 0.447. The summed E-state index contributed by atoms with van der Waals surface area (Å²) in [4.78, 5) is 28.9. The van der Waals surface area contributed by atoms with Gasteiger partial charge in [-0.2, -0.15) is 10.1 Å². The number of carbonyl (C=O) groups excluding carboxylic acids is 2. The van der Waals surface area contributed by atoms with Gasteiger partial charge in [0.15, 0.2) is 5.65 Å². The van der Waals surface area contributed by atoms with Crippen molar-refractivity contribution in [3.8, 4) is 11.5 Å². The molecule has 0 aliphatic heterocycles. The van der Waals surface area contributed by atoms with Crippen LogP contribution in [-0.2, 0) is 11.8 Å². The average Bonchev–Trinajstić information content (AvgIpc) is 3.46. The number of nitrogens with one attached hydrogen (secondary N) is 2. The van der Waals surface area contributed by atoms with Gasteiger partial charge in [-0.15, -0.1) is 5.10 Å². The van der Waals surface area contributed by atoms with E-state index in [1.165, 1.54) is 9.20 Å². The highest BCUT2D eigenvalue weighted by Gasteiger charge is 2.30. The Morgan fingerprint density at radius 2 is 1.88 bits per heavy atom. The van der Waals surface area contributed by atoms with Crippen molar-refractivity contribution in [3.63, 3.8) is 0 Å². The number of carbonyl (C=O) groups is 2. The molecule has 0 saturated heterocycles. The third-order valence-corrected chi connectivity index (χ3v) is 5.47. The molecule has 0 radical (unpaired) electrons. The molecule has 0 bridgehead atoms. The molecule has 5 rings (SSSR count). The topological polar surface area (TPSA) is 115 Å². The number of fused-ring (bicyclic) bond motifs is 1. The lowest BCUT2D eigenvalue weighted by molar-refractivity contribution is -0.117. The number of benzene rings is 1. The number of aromatic nitrogens is 5. The van der Waals surface area contributed by atoms with Gasteiger partial charge in [-0.05, 0) is 50.1 Å². The summed E-state index contributed by atoms with van der Waals surface area (Å²) < 4.78 is 8.97. The van der Waals surface area contributed by atoms with Crippen molar-refractivity contribution in [1.29, 1.82) is 0 Å². The predicted molar refractivity (Wildman–Crippen MR) is 122 cm³/mol. The van der Waals surface area contributed by atoms with Crippen LogP contribution >= 0.6 is 11.6 Å². The molecule has 168 valence electrons. The van der Waals surface area contributed by atoms with Crippen LogP contribution < -0.4 is 15.4 Å². The van der Waals surface area contributed by atoms with Gasteiger partial charge >= 0.3 is 0 Å². The maximum atomic E-state index is 12.6. The summed E-state index contributed by atoms with van der Waals surface area (Å²) in [6, 6.07) is 10.1. The van der Waals surface area contributed by atoms with Crippen molar-refractivity contribution < 1.29 is 14.3 Å². The van der Waals surface area contributed by atoms with Crippen LogP contribution in [0.2, 0.25) is 5.02 Å². The zero-order chi connectivity index (χ0) is 23.1. The molecule has 4 aromatic rings. The summed E-state index contributed by atoms with van der Waals surface area (Å²) in [6.07, 6.45) is 3.46. The summed E-state index contributed by atoms with van der Waals surface area (Å²) >= 11 is 6.28. The van der Waals surface area contributed by atoms with E-state index in [0.29, 0.717) is 33.6 Å². The molecule has 33 heavy (non-hydrogen) atoms. The molecular formula is C22H20ClN7O3. The molecule has 0 spiro atoms. The maximum Gasteiger partial charge on any atom is 0.273 e. The lowest BCUT2D eigenvalue weighted by Gasteiger charge is -2.11. The van der Waals surface area contributed by atoms with Crippen LogP contribution in [-0.4, -0.2) is 36.2 Å². The van der Waals surface area contributed by atoms with E-state index in [1.807, 2.05) is 6.92 Å². The van der Waals surface area contributed by atoms with E-state index in [-0.39, 0.29) is 23.7 Å². The Balaban J connectivity index is 1.32. The first-order chi connectivity index (χ1) is 15.9. The highest BCUT2D eigenvalue weighted by atomic mass is 35.5. The number of amides is 2. The Bertz CT molecular complexity index is 1390. The molecule has 1 saturated carbocycles. The van der Waals surface area contributed by atoms with E-state index in [0.717, 1.165) is 18.5 Å². The molecule has 1 aliphatic rings. The fraction of sp³-hybridized carbons (Fsp3) is 0.227. The van der Waals surface area contributed by atoms with Gasteiger partial charge in [0, 0.05) is 19.0 Å². The van der Waals surface area contributed by atoms with Crippen LogP contribution in [0.1, 0.15) is 29.0 Å². The Kier molecular flexibility index (Phi) is 5.21. The van der Waals surface area contributed by atoms with Gasteiger partial charge in [-0.25, -0.2) is 4.52 Å². The predicted octanol–water partition coefficient (Wildman–Crippen LogP) is 3.82. The molecule has 1 aliphatic carbocycles. The molecule has 0 unspecified atom stereocenters. The first-order valence-electron chi connectivity index (χ1n) is 10.3. The van der Waals surface area contributed by atoms with Crippen LogP contribution in [0.5, 0.6) is 11.5 Å². The minimum Gasteiger partial charge on any atom is -0.456 e. The number of ether oxygens (including phenoxy) is 1. The SMILES string of the molecule is Cc1cc(C(=O)Nc2cc(Oc3ccc4nc(NC(=O)C5CC5)nn4c3)ccc2Cl)n(C)n1. The third-order valence-electron chi connectivity index (χ3n) is 5.14. The zero-order valence-electron chi connectivity index (χ0n) is 17.9. The van der Waals surface area contributed by atoms with Crippen molar-refractivity contribution in [2.45, 2.75) is 19.8 Å². The molecule has 1 aromatic carbocycles. The lowest BCUT2D eigenvalue weighted by atomic mass is 10.2. The minimum atomic E-state index is -0.332. The summed E-state index contributed by atoms with van der Waals surface area (Å²) in [6.45, 7) is 1.81. The van der Waals surface area contributed by atoms with Gasteiger partial charge in [-0.1, -0.05) is 11.6 Å². The largest absolute Gasteiger partial charge is 0.456 e. The van der Waals surface area contributed by atoms with E-state index in [9.17, 15) is 9.59 Å². The Labute approximate surface area is 193 Å². The molecular weight excluding hydrogens is 446 g/mol. The van der Waals surface area contributed by atoms with Crippen LogP contribution in [0.4, 0.5) is 11.6 Å². The standard InChI is InChI=1S/C22H20ClN7O3/c1-12-9-18(29(2)27-12)21(32)24-17-10-14(5-7-16(17)23)33-15-6-8-19-25-22(28-30(19)11-15)26-20(31)13-3-4-13/h5-11,13H,3-4H2,1-2H3,(H,24,32)(H,26,28,31). The van der Waals surface area contributed by atoms with Crippen molar-refractivity contribution in [3.05, 3.63) is 59.0 Å². The summed E-state index contributed by atoms with van der Waals surface area (Å²) in [5.74, 6) is 0.899. The fourth-order valence-corrected chi connectivity index (χ4v) is 3.51. The monoisotopic (exact) mass is 465 g/mol. The first-order valence-corrected chi connectivity index (χ1v) is 10.7. The number of hydrogen-bond donors (Lipinski definition) is 2. The van der Waals surface area contributed by atoms with Crippen molar-refractivity contribution in [2.75, 3.05) is 10.6 Å². The smallest absolute Gasteiger partial charge is 0.273 e. The number of halogens is 1. The van der Waals surface area contributed by atoms with E-state index in [4.69, 9.17) is 16.3 Å². The number of hydrogen-bond acceptors (Lipinski definition) is 6. The number of pyridine rings is 1. The van der Waals surface area contributed by atoms with Crippen molar-refractivity contribution in [1.82, 2.24) is 24.4 Å². The van der Waals surface area contributed by atoms with Gasteiger partial charge < -0.3 is 10.1 Å². The van der Waals surface area contributed by atoms with Crippen molar-refractivity contribution >= 4 is 40.7 Å². The minimum absolute atomic E-state index is 0.0561. The Morgan fingerprint density at radius 1 is 1.09 bits per heavy atom. The molecule has 2 amide bonds. The lowest BCUT2D eigenvalue weighted by Crippen LogP contribution is -2.16. The maximum absolute atomic E-state index is 12.6. The number of aryl methyl sites for hydroxylation is 2. The van der Waals surface area contributed by atoms with Crippen LogP contribution in [0.3, 0.4) is 0 Å². The Morgan fingerprint density at radius 3 is 2.61 bits per heavy atom. The zero-order valence-corrected chi connectivity index (χ0v) is 18.6. The highest BCUT2D eigenvalue weighted by Crippen LogP contribution is 2.31. The summed E-state index contributed by atoms with van der Waals surface area (Å²) in [5, 5.41) is 14.4. The van der Waals surface area contributed by atoms with Gasteiger partial charge in [0.25, 0.3) is 5.91 Å². The van der Waals surface area contributed by atoms with E-state index >= 15 is 0 Å². The molecule has 2 N–H and O–H groups in total. The molecule has 1 fully saturated rings. The van der Waals surface area contributed by atoms with Gasteiger partial charge in [0.05, 0.1) is 22.6 Å². The molecule has 11 heteroatoms. The van der Waals surface area contributed by atoms with Crippen LogP contribution in [0, 0.1) is 12.8 Å². The summed E-state index contributed by atoms with van der Waals surface area (Å²) in [5.41, 5.74) is 2.13. The average molecular weight is 466 g/mol. The number of nitrogens with zero attached hydrogens (tertiary/aromatic N) is 5. The second kappa shape index (κ2) is 8.21. The molecule has 10 nitrogen and oxygen atoms in total. The highest BCUT2D eigenvalue weighted by molar-refractivity contribution is 6.34. The van der Waals surface area contributed by atoms with Crippen molar-refractivity contribution in [2.24, 2.45) is 13.0 Å². The normalized spacial score (nSPS) is 13.2. The second-order valence-electron chi connectivity index (χ2n) is 7.86. The van der Waals surface area contributed by atoms with Gasteiger partial charge in [0.2, 0.25) is 11.9 Å². The van der Waals surface area contributed by atoms with Crippen LogP contribution in [0.25, 0.3) is 5.65 Å². The van der Waals surface area contributed by atoms with E-state index < -0.39 is 0 Å². The summed E-state index contributed by atoms with van der Waals surface area (Å²) in [7, 11) is 1.70. The molecule has 0 atom stereocenters. The van der Waals surface area contributed by atoms with Gasteiger partial charge in [-0.3, -0.25) is 19.6 Å². The second-order valence-corrected chi connectivity index (χ2v) is 8.27. The molecule has 3 heterocycles. The Hall–Kier alpha value is -3.92. The van der Waals surface area contributed by atoms with E-state index in [2.05, 4.69) is 25.8 Å². The first kappa shape index (κ1) is 21.0. The number of anilines is 2. The van der Waals surface area contributed by atoms with Crippen LogP contribution in [0.15, 0.2) is 42.6 Å². The number of rotatable bonds is 6. The van der Waals surface area contributed by atoms with E-state index in [1.54, 1.807) is 49.6 Å². The third kappa shape index (κ3) is 4.51. The van der Waals surface area contributed by atoms with Gasteiger partial charge in [0.1, 0.15) is 17.2 Å². The fourth-order valence-electron chi connectivity index (χ4n) is 3.34. The molecule has 3 aromatic heterocycles.